The van der Waals surface area contributed by atoms with Gasteiger partial charge in [0.05, 0.1) is 0 Å². The molecule has 0 spiro atoms. The Bertz CT molecular complexity index is 479. The largest absolute Gasteiger partial charge is 0.354 e. The van der Waals surface area contributed by atoms with E-state index in [1.165, 1.54) is 5.56 Å². The van der Waals surface area contributed by atoms with Gasteiger partial charge in [0, 0.05) is 13.0 Å². The highest BCUT2D eigenvalue weighted by molar-refractivity contribution is 7.98. The van der Waals surface area contributed by atoms with Gasteiger partial charge in [0.1, 0.15) is 6.04 Å². The first-order valence-electron chi connectivity index (χ1n) is 8.19. The molecule has 0 bridgehead atoms. The Morgan fingerprint density at radius 3 is 2.48 bits per heavy atom. The lowest BCUT2D eigenvalue weighted by molar-refractivity contribution is -0.128. The number of thioether (sulfide) groups is 1. The molecule has 23 heavy (non-hydrogen) atoms. The van der Waals surface area contributed by atoms with Crippen molar-refractivity contribution in [3.63, 3.8) is 0 Å². The lowest BCUT2D eigenvalue weighted by Crippen LogP contribution is -2.47. The van der Waals surface area contributed by atoms with E-state index in [0.29, 0.717) is 25.3 Å². The molecule has 1 aromatic carbocycles. The Kier molecular flexibility index (Phi) is 9.45. The highest BCUT2D eigenvalue weighted by Gasteiger charge is 2.19. The van der Waals surface area contributed by atoms with Gasteiger partial charge >= 0.3 is 0 Å². The molecular weight excluding hydrogens is 308 g/mol. The molecule has 0 aliphatic rings. The number of rotatable bonds is 10. The quantitative estimate of drug-likeness (QED) is 0.691. The summed E-state index contributed by atoms with van der Waals surface area (Å²) in [6.07, 6.45) is 3.94. The van der Waals surface area contributed by atoms with Crippen molar-refractivity contribution in [1.82, 2.24) is 10.6 Å². The molecule has 2 atom stereocenters. The van der Waals surface area contributed by atoms with E-state index in [-0.39, 0.29) is 11.8 Å². The van der Waals surface area contributed by atoms with Crippen LogP contribution in [-0.4, -0.2) is 36.4 Å². The van der Waals surface area contributed by atoms with Gasteiger partial charge in [0.25, 0.3) is 0 Å². The van der Waals surface area contributed by atoms with Gasteiger partial charge in [-0.25, -0.2) is 0 Å². The summed E-state index contributed by atoms with van der Waals surface area (Å²) in [5.74, 6) is 1.08. The standard InChI is InChI=1S/C18H28N2O2S/c1-4-17(21)20-16(11-13-23-3)18(22)19-12-10-14(2)15-8-6-5-7-9-15/h5-9,14,16H,4,10-13H2,1-3H3,(H,19,22)(H,20,21)/t14-,16+/m1/s1. The molecule has 1 rings (SSSR count). The first kappa shape index (κ1) is 19.6. The van der Waals surface area contributed by atoms with Gasteiger partial charge in [0.15, 0.2) is 0 Å². The first-order valence-corrected chi connectivity index (χ1v) is 9.58. The summed E-state index contributed by atoms with van der Waals surface area (Å²) in [4.78, 5) is 23.8. The zero-order valence-electron chi connectivity index (χ0n) is 14.3. The molecule has 2 amide bonds. The molecule has 128 valence electrons. The Morgan fingerprint density at radius 2 is 1.87 bits per heavy atom. The fourth-order valence-electron chi connectivity index (χ4n) is 2.28. The molecule has 4 nitrogen and oxygen atoms in total. The average molecular weight is 337 g/mol. The molecule has 5 heteroatoms. The minimum atomic E-state index is -0.429. The Balaban J connectivity index is 2.43. The zero-order chi connectivity index (χ0) is 17.1. The van der Waals surface area contributed by atoms with Crippen molar-refractivity contribution in [3.05, 3.63) is 35.9 Å². The van der Waals surface area contributed by atoms with Gasteiger partial charge in [-0.2, -0.15) is 11.8 Å². The van der Waals surface area contributed by atoms with Crippen LogP contribution in [0.3, 0.4) is 0 Å². The SMILES string of the molecule is CCC(=O)N[C@@H](CCSC)C(=O)NCC[C@@H](C)c1ccccc1. The number of hydrogen-bond donors (Lipinski definition) is 2. The van der Waals surface area contributed by atoms with Gasteiger partial charge in [-0.15, -0.1) is 0 Å². The number of amides is 2. The number of benzene rings is 1. The predicted octanol–water partition coefficient (Wildman–Crippen LogP) is 2.94. The van der Waals surface area contributed by atoms with E-state index in [4.69, 9.17) is 0 Å². The van der Waals surface area contributed by atoms with Crippen LogP contribution in [0.5, 0.6) is 0 Å². The second-order valence-corrected chi connectivity index (χ2v) is 6.63. The van der Waals surface area contributed by atoms with Crippen LogP contribution in [0.1, 0.15) is 44.6 Å². The highest BCUT2D eigenvalue weighted by Crippen LogP contribution is 2.17. The van der Waals surface area contributed by atoms with Crippen molar-refractivity contribution in [3.8, 4) is 0 Å². The van der Waals surface area contributed by atoms with E-state index in [2.05, 4.69) is 29.7 Å². The van der Waals surface area contributed by atoms with Gasteiger partial charge in [0.2, 0.25) is 11.8 Å². The number of nitrogens with one attached hydrogen (secondary N) is 2. The molecule has 0 radical (unpaired) electrons. The first-order chi connectivity index (χ1) is 11.1. The van der Waals surface area contributed by atoms with Gasteiger partial charge in [-0.1, -0.05) is 44.2 Å². The van der Waals surface area contributed by atoms with Crippen LogP contribution in [0.15, 0.2) is 30.3 Å². The molecule has 0 unspecified atom stereocenters. The van der Waals surface area contributed by atoms with Crippen LogP contribution in [0, 0.1) is 0 Å². The third-order valence-corrected chi connectivity index (χ3v) is 4.47. The smallest absolute Gasteiger partial charge is 0.242 e. The van der Waals surface area contributed by atoms with Crippen LogP contribution in [0.25, 0.3) is 0 Å². The highest BCUT2D eigenvalue weighted by atomic mass is 32.2. The fourth-order valence-corrected chi connectivity index (χ4v) is 2.76. The van der Waals surface area contributed by atoms with Crippen LogP contribution in [0.2, 0.25) is 0 Å². The predicted molar refractivity (Wildman–Crippen MR) is 97.7 cm³/mol. The summed E-state index contributed by atoms with van der Waals surface area (Å²) in [5.41, 5.74) is 1.28. The van der Waals surface area contributed by atoms with Crippen molar-refractivity contribution < 1.29 is 9.59 Å². The van der Waals surface area contributed by atoms with Crippen molar-refractivity contribution >= 4 is 23.6 Å². The normalized spacial score (nSPS) is 13.2. The topological polar surface area (TPSA) is 58.2 Å². The van der Waals surface area contributed by atoms with Crippen LogP contribution >= 0.6 is 11.8 Å². The molecule has 0 aliphatic heterocycles. The molecule has 0 fully saturated rings. The third kappa shape index (κ3) is 7.55. The zero-order valence-corrected chi connectivity index (χ0v) is 15.1. The van der Waals surface area contributed by atoms with E-state index < -0.39 is 6.04 Å². The van der Waals surface area contributed by atoms with E-state index in [9.17, 15) is 9.59 Å². The summed E-state index contributed by atoms with van der Waals surface area (Å²) in [6, 6.07) is 9.85. The second kappa shape index (κ2) is 11.1. The van der Waals surface area contributed by atoms with Gasteiger partial charge in [-0.05, 0) is 36.3 Å². The van der Waals surface area contributed by atoms with Crippen LogP contribution in [0.4, 0.5) is 0 Å². The van der Waals surface area contributed by atoms with Gasteiger partial charge in [-0.3, -0.25) is 9.59 Å². The summed E-state index contributed by atoms with van der Waals surface area (Å²) >= 11 is 1.68. The lowest BCUT2D eigenvalue weighted by atomic mass is 9.98. The molecule has 0 saturated carbocycles. The average Bonchev–Trinajstić information content (AvgIpc) is 2.58. The molecule has 0 aromatic heterocycles. The summed E-state index contributed by atoms with van der Waals surface area (Å²) in [7, 11) is 0. The summed E-state index contributed by atoms with van der Waals surface area (Å²) in [5, 5.41) is 5.77. The molecule has 0 aliphatic carbocycles. The third-order valence-electron chi connectivity index (χ3n) is 3.83. The maximum atomic E-state index is 12.3. The minimum Gasteiger partial charge on any atom is -0.354 e. The van der Waals surface area contributed by atoms with E-state index in [0.717, 1.165) is 12.2 Å². The molecule has 0 heterocycles. The van der Waals surface area contributed by atoms with E-state index in [1.807, 2.05) is 24.5 Å². The maximum Gasteiger partial charge on any atom is 0.242 e. The lowest BCUT2D eigenvalue weighted by Gasteiger charge is -2.19. The number of carbonyl (C=O) groups excluding carboxylic acids is 2. The van der Waals surface area contributed by atoms with Crippen molar-refractivity contribution in [2.75, 3.05) is 18.6 Å². The van der Waals surface area contributed by atoms with Crippen LogP contribution in [-0.2, 0) is 9.59 Å². The monoisotopic (exact) mass is 336 g/mol. The minimum absolute atomic E-state index is 0.0797. The summed E-state index contributed by atoms with van der Waals surface area (Å²) < 4.78 is 0. The molecule has 0 saturated heterocycles. The Labute approximate surface area is 143 Å². The Hall–Kier alpha value is -1.49. The van der Waals surface area contributed by atoms with Crippen molar-refractivity contribution in [1.29, 1.82) is 0 Å². The van der Waals surface area contributed by atoms with Crippen molar-refractivity contribution in [2.45, 2.75) is 45.1 Å². The Morgan fingerprint density at radius 1 is 1.17 bits per heavy atom. The van der Waals surface area contributed by atoms with Gasteiger partial charge < -0.3 is 10.6 Å². The van der Waals surface area contributed by atoms with E-state index in [1.54, 1.807) is 18.7 Å². The second-order valence-electron chi connectivity index (χ2n) is 5.65. The fraction of sp³-hybridized carbons (Fsp3) is 0.556. The van der Waals surface area contributed by atoms with E-state index >= 15 is 0 Å². The molecule has 1 aromatic rings. The number of hydrogen-bond acceptors (Lipinski definition) is 3. The molecule has 2 N–H and O–H groups in total. The maximum absolute atomic E-state index is 12.3. The molecular formula is C18H28N2O2S. The summed E-state index contributed by atoms with van der Waals surface area (Å²) in [6.45, 7) is 4.57. The van der Waals surface area contributed by atoms with Crippen LogP contribution < -0.4 is 10.6 Å². The van der Waals surface area contributed by atoms with Crippen molar-refractivity contribution in [2.24, 2.45) is 0 Å². The number of carbonyl (C=O) groups is 2.